The van der Waals surface area contributed by atoms with Crippen LogP contribution < -0.4 is 11.3 Å². The molecule has 16 heavy (non-hydrogen) atoms. The SMILES string of the molecule is CCc1ccc(CC(C)(NN)C(=O)O)cc1. The van der Waals surface area contributed by atoms with E-state index in [1.165, 1.54) is 5.56 Å². The number of hydrogen-bond acceptors (Lipinski definition) is 3. The van der Waals surface area contributed by atoms with Crippen LogP contribution in [0.4, 0.5) is 0 Å². The molecule has 4 nitrogen and oxygen atoms in total. The Bertz CT molecular complexity index is 362. The van der Waals surface area contributed by atoms with Crippen molar-refractivity contribution in [2.75, 3.05) is 0 Å². The van der Waals surface area contributed by atoms with Crippen LogP contribution in [0.25, 0.3) is 0 Å². The number of carboxylic acids is 1. The second kappa shape index (κ2) is 5.09. The highest BCUT2D eigenvalue weighted by Crippen LogP contribution is 2.14. The van der Waals surface area contributed by atoms with Gasteiger partial charge in [0, 0.05) is 6.42 Å². The van der Waals surface area contributed by atoms with E-state index in [0.717, 1.165) is 12.0 Å². The van der Waals surface area contributed by atoms with E-state index in [1.807, 2.05) is 24.3 Å². The third kappa shape index (κ3) is 2.81. The summed E-state index contributed by atoms with van der Waals surface area (Å²) in [7, 11) is 0. The maximum atomic E-state index is 11.0. The van der Waals surface area contributed by atoms with Crippen molar-refractivity contribution in [2.45, 2.75) is 32.2 Å². The van der Waals surface area contributed by atoms with Crippen molar-refractivity contribution >= 4 is 5.97 Å². The first-order valence-electron chi connectivity index (χ1n) is 5.31. The summed E-state index contributed by atoms with van der Waals surface area (Å²) in [6.45, 7) is 3.65. The van der Waals surface area contributed by atoms with Crippen LogP contribution in [0, 0.1) is 0 Å². The van der Waals surface area contributed by atoms with Gasteiger partial charge < -0.3 is 5.11 Å². The molecule has 1 aromatic carbocycles. The van der Waals surface area contributed by atoms with Crippen LogP contribution in [0.2, 0.25) is 0 Å². The number of aliphatic carboxylic acids is 1. The number of nitrogens with one attached hydrogen (secondary N) is 1. The molecular formula is C12H18N2O2. The van der Waals surface area contributed by atoms with Gasteiger partial charge in [-0.3, -0.25) is 10.6 Å². The van der Waals surface area contributed by atoms with Gasteiger partial charge in [-0.05, 0) is 24.5 Å². The van der Waals surface area contributed by atoms with Gasteiger partial charge in [-0.2, -0.15) is 0 Å². The van der Waals surface area contributed by atoms with Crippen molar-refractivity contribution in [3.8, 4) is 0 Å². The third-order valence-electron chi connectivity index (χ3n) is 2.78. The quantitative estimate of drug-likeness (QED) is 0.515. The standard InChI is InChI=1S/C12H18N2O2/c1-3-9-4-6-10(7-5-9)8-12(2,14-13)11(15)16/h4-7,14H,3,8,13H2,1-2H3,(H,15,16). The Morgan fingerprint density at radius 3 is 2.25 bits per heavy atom. The largest absolute Gasteiger partial charge is 0.480 e. The van der Waals surface area contributed by atoms with Crippen molar-refractivity contribution < 1.29 is 9.90 Å². The summed E-state index contributed by atoms with van der Waals surface area (Å²) in [4.78, 5) is 11.0. The highest BCUT2D eigenvalue weighted by atomic mass is 16.4. The van der Waals surface area contributed by atoms with E-state index in [9.17, 15) is 4.79 Å². The Labute approximate surface area is 95.4 Å². The maximum Gasteiger partial charge on any atom is 0.325 e. The monoisotopic (exact) mass is 222 g/mol. The minimum atomic E-state index is -1.12. The number of nitrogens with two attached hydrogens (primary N) is 1. The van der Waals surface area contributed by atoms with E-state index in [1.54, 1.807) is 6.92 Å². The van der Waals surface area contributed by atoms with Crippen molar-refractivity contribution in [3.63, 3.8) is 0 Å². The summed E-state index contributed by atoms with van der Waals surface area (Å²) < 4.78 is 0. The fourth-order valence-electron chi connectivity index (χ4n) is 1.49. The molecule has 0 bridgehead atoms. The molecule has 0 aliphatic rings. The van der Waals surface area contributed by atoms with Gasteiger partial charge in [0.15, 0.2) is 0 Å². The van der Waals surface area contributed by atoms with Gasteiger partial charge in [-0.25, -0.2) is 5.43 Å². The van der Waals surface area contributed by atoms with E-state index >= 15 is 0 Å². The van der Waals surface area contributed by atoms with Crippen LogP contribution >= 0.6 is 0 Å². The Morgan fingerprint density at radius 2 is 1.88 bits per heavy atom. The number of hydrazine groups is 1. The Kier molecular flexibility index (Phi) is 4.04. The van der Waals surface area contributed by atoms with Crippen LogP contribution in [0.1, 0.15) is 25.0 Å². The van der Waals surface area contributed by atoms with Crippen LogP contribution in [-0.4, -0.2) is 16.6 Å². The molecule has 1 unspecified atom stereocenters. The molecule has 0 fully saturated rings. The molecule has 1 atom stereocenters. The molecule has 4 heteroatoms. The van der Waals surface area contributed by atoms with Gasteiger partial charge in [0.05, 0.1) is 0 Å². The second-order valence-corrected chi connectivity index (χ2v) is 4.13. The maximum absolute atomic E-state index is 11.0. The number of aryl methyl sites for hydroxylation is 1. The predicted octanol–water partition coefficient (Wildman–Crippen LogP) is 1.10. The molecule has 1 rings (SSSR count). The van der Waals surface area contributed by atoms with Crippen molar-refractivity contribution in [1.29, 1.82) is 0 Å². The fourth-order valence-corrected chi connectivity index (χ4v) is 1.49. The Balaban J connectivity index is 2.82. The zero-order chi connectivity index (χ0) is 12.2. The molecule has 88 valence electrons. The van der Waals surface area contributed by atoms with Gasteiger partial charge in [-0.15, -0.1) is 0 Å². The number of benzene rings is 1. The number of carboxylic acid groups (broad SMARTS) is 1. The molecule has 1 aromatic rings. The zero-order valence-electron chi connectivity index (χ0n) is 9.66. The van der Waals surface area contributed by atoms with Gasteiger partial charge in [0.1, 0.15) is 5.54 Å². The van der Waals surface area contributed by atoms with Crippen LogP contribution in [0.3, 0.4) is 0 Å². The molecule has 0 aliphatic heterocycles. The lowest BCUT2D eigenvalue weighted by atomic mass is 9.93. The van der Waals surface area contributed by atoms with Gasteiger partial charge in [0.2, 0.25) is 0 Å². The van der Waals surface area contributed by atoms with E-state index in [4.69, 9.17) is 10.9 Å². The van der Waals surface area contributed by atoms with Crippen LogP contribution in [0.15, 0.2) is 24.3 Å². The normalized spacial score (nSPS) is 14.4. The van der Waals surface area contributed by atoms with Crippen molar-refractivity contribution in [3.05, 3.63) is 35.4 Å². The van der Waals surface area contributed by atoms with E-state index < -0.39 is 11.5 Å². The molecule has 0 aliphatic carbocycles. The Morgan fingerprint density at radius 1 is 1.38 bits per heavy atom. The summed E-state index contributed by atoms with van der Waals surface area (Å²) in [5, 5.41) is 9.05. The van der Waals surface area contributed by atoms with E-state index in [2.05, 4.69) is 12.3 Å². The molecule has 0 saturated heterocycles. The second-order valence-electron chi connectivity index (χ2n) is 4.13. The number of carbonyl (C=O) groups is 1. The predicted molar refractivity (Wildman–Crippen MR) is 62.9 cm³/mol. The molecule has 4 N–H and O–H groups in total. The topological polar surface area (TPSA) is 75.3 Å². The first kappa shape index (κ1) is 12.7. The van der Waals surface area contributed by atoms with Crippen molar-refractivity contribution in [1.82, 2.24) is 5.43 Å². The van der Waals surface area contributed by atoms with Crippen LogP contribution in [-0.2, 0) is 17.6 Å². The fraction of sp³-hybridized carbons (Fsp3) is 0.417. The van der Waals surface area contributed by atoms with Gasteiger partial charge in [0.25, 0.3) is 0 Å². The third-order valence-corrected chi connectivity index (χ3v) is 2.78. The van der Waals surface area contributed by atoms with Crippen LogP contribution in [0.5, 0.6) is 0 Å². The lowest BCUT2D eigenvalue weighted by Gasteiger charge is -2.23. The summed E-state index contributed by atoms with van der Waals surface area (Å²) in [5.74, 6) is 4.33. The molecule has 0 amide bonds. The van der Waals surface area contributed by atoms with Gasteiger partial charge in [-0.1, -0.05) is 31.2 Å². The molecule has 0 radical (unpaired) electrons. The smallest absolute Gasteiger partial charge is 0.325 e. The molecule has 0 heterocycles. The molecule has 0 saturated carbocycles. The lowest BCUT2D eigenvalue weighted by molar-refractivity contribution is -0.144. The summed E-state index contributed by atoms with van der Waals surface area (Å²) in [5.41, 5.74) is 3.43. The molecule has 0 spiro atoms. The first-order chi connectivity index (χ1) is 7.51. The van der Waals surface area contributed by atoms with E-state index in [-0.39, 0.29) is 0 Å². The highest BCUT2D eigenvalue weighted by Gasteiger charge is 2.31. The van der Waals surface area contributed by atoms with E-state index in [0.29, 0.717) is 6.42 Å². The zero-order valence-corrected chi connectivity index (χ0v) is 9.66. The molecule has 0 aromatic heterocycles. The number of hydrogen-bond donors (Lipinski definition) is 3. The lowest BCUT2D eigenvalue weighted by Crippen LogP contribution is -2.54. The summed E-state index contributed by atoms with van der Waals surface area (Å²) in [6, 6.07) is 7.90. The Hall–Kier alpha value is -1.39. The average molecular weight is 222 g/mol. The minimum absolute atomic E-state index is 0.364. The average Bonchev–Trinajstić information content (AvgIpc) is 2.29. The van der Waals surface area contributed by atoms with Crippen molar-refractivity contribution in [2.24, 2.45) is 5.84 Å². The molecular weight excluding hydrogens is 204 g/mol. The summed E-state index contributed by atoms with van der Waals surface area (Å²) in [6.07, 6.45) is 1.34. The number of rotatable bonds is 5. The highest BCUT2D eigenvalue weighted by molar-refractivity contribution is 5.78. The first-order valence-corrected chi connectivity index (χ1v) is 5.31. The van der Waals surface area contributed by atoms with Gasteiger partial charge >= 0.3 is 5.97 Å². The minimum Gasteiger partial charge on any atom is -0.480 e. The summed E-state index contributed by atoms with van der Waals surface area (Å²) >= 11 is 0.